The molecule has 0 aromatic heterocycles. The van der Waals surface area contributed by atoms with Gasteiger partial charge in [0, 0.05) is 10.5 Å². The van der Waals surface area contributed by atoms with Crippen molar-refractivity contribution in [3.8, 4) is 0 Å². The summed E-state index contributed by atoms with van der Waals surface area (Å²) in [4.78, 5) is 13.6. The number of rotatable bonds is 9. The van der Waals surface area contributed by atoms with Gasteiger partial charge in [-0.2, -0.15) is 0 Å². The molecule has 0 unspecified atom stereocenters. The highest BCUT2D eigenvalue weighted by atomic mass is 32.2. The molecule has 2 aromatic rings. The van der Waals surface area contributed by atoms with Crippen LogP contribution in [0.15, 0.2) is 53.4 Å². The lowest BCUT2D eigenvalue weighted by Crippen LogP contribution is -1.96. The first-order chi connectivity index (χ1) is 12.2. The van der Waals surface area contributed by atoms with Gasteiger partial charge in [0.25, 0.3) is 0 Å². The van der Waals surface area contributed by atoms with E-state index in [-0.39, 0.29) is 5.78 Å². The minimum atomic E-state index is 0.0631. The Morgan fingerprint density at radius 1 is 0.960 bits per heavy atom. The third-order valence-corrected chi connectivity index (χ3v) is 5.02. The van der Waals surface area contributed by atoms with Gasteiger partial charge in [-0.15, -0.1) is 11.8 Å². The standard InChI is InChI=1S/C23H28OS/c1-4-7-18-9-10-19(21(17-18)8-5-2)13-16-23(24)20-11-14-22(15-12-20)25-6-3/h9-17H,4-8H2,1-3H3. The number of carbonyl (C=O) groups excluding carboxylic acids is 1. The van der Waals surface area contributed by atoms with Crippen molar-refractivity contribution in [2.45, 2.75) is 51.3 Å². The topological polar surface area (TPSA) is 17.1 Å². The van der Waals surface area contributed by atoms with Crippen molar-refractivity contribution in [2.24, 2.45) is 0 Å². The molecule has 0 heterocycles. The number of aryl methyl sites for hydroxylation is 2. The van der Waals surface area contributed by atoms with Crippen molar-refractivity contribution in [2.75, 3.05) is 5.75 Å². The third kappa shape index (κ3) is 5.89. The number of ketones is 1. The highest BCUT2D eigenvalue weighted by Crippen LogP contribution is 2.20. The van der Waals surface area contributed by atoms with Crippen molar-refractivity contribution >= 4 is 23.6 Å². The molecule has 0 spiro atoms. The lowest BCUT2D eigenvalue weighted by molar-refractivity contribution is 0.104. The molecule has 0 saturated carbocycles. The van der Waals surface area contributed by atoms with Crippen LogP contribution >= 0.6 is 11.8 Å². The molecule has 0 fully saturated rings. The monoisotopic (exact) mass is 352 g/mol. The van der Waals surface area contributed by atoms with E-state index in [1.807, 2.05) is 30.3 Å². The summed E-state index contributed by atoms with van der Waals surface area (Å²) in [6.07, 6.45) is 8.11. The molecular formula is C23H28OS. The Bertz CT molecular complexity index is 713. The number of hydrogen-bond acceptors (Lipinski definition) is 2. The number of allylic oxidation sites excluding steroid dienone is 1. The van der Waals surface area contributed by atoms with Gasteiger partial charge in [0.05, 0.1) is 0 Å². The zero-order valence-corrected chi connectivity index (χ0v) is 16.4. The fraction of sp³-hybridized carbons (Fsp3) is 0.348. The second kappa shape index (κ2) is 10.2. The van der Waals surface area contributed by atoms with E-state index in [9.17, 15) is 4.79 Å². The zero-order valence-electron chi connectivity index (χ0n) is 15.5. The van der Waals surface area contributed by atoms with Crippen LogP contribution in [0.4, 0.5) is 0 Å². The van der Waals surface area contributed by atoms with E-state index < -0.39 is 0 Å². The predicted octanol–water partition coefficient (Wildman–Crippen LogP) is 6.60. The van der Waals surface area contributed by atoms with E-state index >= 15 is 0 Å². The fourth-order valence-electron chi connectivity index (χ4n) is 2.90. The van der Waals surface area contributed by atoms with Gasteiger partial charge in [-0.3, -0.25) is 4.79 Å². The molecule has 2 rings (SSSR count). The van der Waals surface area contributed by atoms with Gasteiger partial charge in [-0.05, 0) is 65.6 Å². The Hall–Kier alpha value is -1.80. The van der Waals surface area contributed by atoms with E-state index in [4.69, 9.17) is 0 Å². The van der Waals surface area contributed by atoms with Gasteiger partial charge >= 0.3 is 0 Å². The first-order valence-corrected chi connectivity index (χ1v) is 10.2. The minimum absolute atomic E-state index is 0.0631. The van der Waals surface area contributed by atoms with Crippen LogP contribution in [0.3, 0.4) is 0 Å². The first-order valence-electron chi connectivity index (χ1n) is 9.25. The van der Waals surface area contributed by atoms with Crippen LogP contribution in [0.2, 0.25) is 0 Å². The highest BCUT2D eigenvalue weighted by Gasteiger charge is 2.04. The van der Waals surface area contributed by atoms with Crippen molar-refractivity contribution in [1.82, 2.24) is 0 Å². The molecule has 2 aromatic carbocycles. The number of thioether (sulfide) groups is 1. The predicted molar refractivity (Wildman–Crippen MR) is 111 cm³/mol. The SMILES string of the molecule is CCCc1ccc(C=CC(=O)c2ccc(SCC)cc2)c(CCC)c1. The molecule has 0 aliphatic rings. The van der Waals surface area contributed by atoms with E-state index in [1.54, 1.807) is 17.8 Å². The van der Waals surface area contributed by atoms with Crippen LogP contribution in [-0.2, 0) is 12.8 Å². The molecule has 132 valence electrons. The summed E-state index contributed by atoms with van der Waals surface area (Å²) in [5.41, 5.74) is 4.63. The smallest absolute Gasteiger partial charge is 0.185 e. The molecule has 0 aliphatic heterocycles. The zero-order chi connectivity index (χ0) is 18.1. The van der Waals surface area contributed by atoms with Crippen LogP contribution in [-0.4, -0.2) is 11.5 Å². The molecule has 0 aliphatic carbocycles. The molecule has 2 heteroatoms. The summed E-state index contributed by atoms with van der Waals surface area (Å²) in [5, 5.41) is 0. The molecule has 0 radical (unpaired) electrons. The maximum atomic E-state index is 12.4. The molecule has 0 saturated heterocycles. The van der Waals surface area contributed by atoms with Gasteiger partial charge in [0.2, 0.25) is 0 Å². The van der Waals surface area contributed by atoms with E-state index in [1.165, 1.54) is 16.0 Å². The van der Waals surface area contributed by atoms with E-state index in [0.717, 1.165) is 42.6 Å². The first kappa shape index (κ1) is 19.5. The Labute approximate surface area is 156 Å². The van der Waals surface area contributed by atoms with Gasteiger partial charge in [0.15, 0.2) is 5.78 Å². The third-order valence-electron chi connectivity index (χ3n) is 4.13. The molecule has 0 bridgehead atoms. The maximum Gasteiger partial charge on any atom is 0.185 e. The number of hydrogen-bond donors (Lipinski definition) is 0. The van der Waals surface area contributed by atoms with Crippen molar-refractivity contribution < 1.29 is 4.79 Å². The summed E-state index contributed by atoms with van der Waals surface area (Å²) in [6.45, 7) is 6.53. The molecular weight excluding hydrogens is 324 g/mol. The average molecular weight is 353 g/mol. The van der Waals surface area contributed by atoms with Crippen molar-refractivity contribution in [3.05, 3.63) is 70.8 Å². The summed E-state index contributed by atoms with van der Waals surface area (Å²) >= 11 is 1.79. The van der Waals surface area contributed by atoms with Crippen molar-refractivity contribution in [1.29, 1.82) is 0 Å². The number of benzene rings is 2. The van der Waals surface area contributed by atoms with Gasteiger partial charge in [-0.1, -0.05) is 57.9 Å². The van der Waals surface area contributed by atoms with Crippen LogP contribution in [0.25, 0.3) is 6.08 Å². The van der Waals surface area contributed by atoms with Gasteiger partial charge in [-0.25, -0.2) is 0 Å². The maximum absolute atomic E-state index is 12.4. The number of carbonyl (C=O) groups is 1. The molecule has 0 amide bonds. The van der Waals surface area contributed by atoms with Crippen molar-refractivity contribution in [3.63, 3.8) is 0 Å². The summed E-state index contributed by atoms with van der Waals surface area (Å²) in [6, 6.07) is 14.5. The fourth-order valence-corrected chi connectivity index (χ4v) is 3.56. The van der Waals surface area contributed by atoms with Gasteiger partial charge in [0.1, 0.15) is 0 Å². The van der Waals surface area contributed by atoms with E-state index in [2.05, 4.69) is 39.0 Å². The summed E-state index contributed by atoms with van der Waals surface area (Å²) in [5.74, 6) is 1.11. The Morgan fingerprint density at radius 3 is 2.32 bits per heavy atom. The highest BCUT2D eigenvalue weighted by molar-refractivity contribution is 7.99. The largest absolute Gasteiger partial charge is 0.289 e. The summed E-state index contributed by atoms with van der Waals surface area (Å²) in [7, 11) is 0. The van der Waals surface area contributed by atoms with Crippen LogP contribution in [0.5, 0.6) is 0 Å². The molecule has 0 atom stereocenters. The molecule has 25 heavy (non-hydrogen) atoms. The van der Waals surface area contributed by atoms with Gasteiger partial charge < -0.3 is 0 Å². The quantitative estimate of drug-likeness (QED) is 0.287. The lowest BCUT2D eigenvalue weighted by atomic mass is 9.97. The Morgan fingerprint density at radius 2 is 1.68 bits per heavy atom. The van der Waals surface area contributed by atoms with Crippen LogP contribution in [0.1, 0.15) is 60.7 Å². The lowest BCUT2D eigenvalue weighted by Gasteiger charge is -2.08. The minimum Gasteiger partial charge on any atom is -0.289 e. The van der Waals surface area contributed by atoms with E-state index in [0.29, 0.717) is 0 Å². The van der Waals surface area contributed by atoms with Crippen LogP contribution < -0.4 is 0 Å². The summed E-state index contributed by atoms with van der Waals surface area (Å²) < 4.78 is 0. The second-order valence-corrected chi connectivity index (χ2v) is 7.53. The normalized spacial score (nSPS) is 11.2. The average Bonchev–Trinajstić information content (AvgIpc) is 2.62. The van der Waals surface area contributed by atoms with Crippen LogP contribution in [0, 0.1) is 0 Å². The Kier molecular flexibility index (Phi) is 8.00. The molecule has 1 nitrogen and oxygen atoms in total. The second-order valence-electron chi connectivity index (χ2n) is 6.19. The molecule has 0 N–H and O–H groups in total. The Balaban J connectivity index is 2.15.